The molecule has 0 radical (unpaired) electrons. The third-order valence-electron chi connectivity index (χ3n) is 4.75. The molecule has 0 bridgehead atoms. The van der Waals surface area contributed by atoms with E-state index < -0.39 is 0 Å². The van der Waals surface area contributed by atoms with Crippen molar-refractivity contribution in [3.63, 3.8) is 0 Å². The molecule has 0 saturated carbocycles. The third kappa shape index (κ3) is 4.20. The first kappa shape index (κ1) is 18.8. The van der Waals surface area contributed by atoms with E-state index in [2.05, 4.69) is 0 Å². The number of amides is 2. The average molecular weight is 376 g/mol. The van der Waals surface area contributed by atoms with Crippen molar-refractivity contribution in [2.24, 2.45) is 5.92 Å². The Morgan fingerprint density at radius 2 is 2.12 bits per heavy atom. The summed E-state index contributed by atoms with van der Waals surface area (Å²) < 4.78 is 5.09. The van der Waals surface area contributed by atoms with Gasteiger partial charge in [-0.1, -0.05) is 12.1 Å². The van der Waals surface area contributed by atoms with Crippen LogP contribution in [0, 0.1) is 5.92 Å². The van der Waals surface area contributed by atoms with Gasteiger partial charge in [-0.05, 0) is 31.9 Å². The minimum Gasteiger partial charge on any atom is -0.466 e. The van der Waals surface area contributed by atoms with Gasteiger partial charge >= 0.3 is 5.97 Å². The second-order valence-electron chi connectivity index (χ2n) is 6.48. The van der Waals surface area contributed by atoms with Crippen molar-refractivity contribution in [2.45, 2.75) is 31.1 Å². The Morgan fingerprint density at radius 1 is 1.31 bits per heavy atom. The molecule has 2 heterocycles. The van der Waals surface area contributed by atoms with Gasteiger partial charge < -0.3 is 14.5 Å². The number of likely N-dealkylation sites (tertiary alicyclic amines) is 1. The van der Waals surface area contributed by atoms with Gasteiger partial charge in [0.05, 0.1) is 24.0 Å². The Balaban J connectivity index is 1.59. The van der Waals surface area contributed by atoms with Crippen LogP contribution < -0.4 is 4.90 Å². The fourth-order valence-corrected chi connectivity index (χ4v) is 4.36. The highest BCUT2D eigenvalue weighted by Gasteiger charge is 2.30. The van der Waals surface area contributed by atoms with Crippen LogP contribution in [0.15, 0.2) is 29.2 Å². The van der Waals surface area contributed by atoms with Crippen molar-refractivity contribution in [3.8, 4) is 0 Å². The lowest BCUT2D eigenvalue weighted by Gasteiger charge is -2.33. The molecule has 0 spiro atoms. The minimum atomic E-state index is -0.235. The van der Waals surface area contributed by atoms with Crippen LogP contribution in [0.25, 0.3) is 0 Å². The molecule has 2 aliphatic heterocycles. The molecule has 2 amide bonds. The van der Waals surface area contributed by atoms with E-state index >= 15 is 0 Å². The number of carbonyl (C=O) groups is 3. The smallest absolute Gasteiger partial charge is 0.310 e. The van der Waals surface area contributed by atoms with E-state index in [1.54, 1.807) is 16.7 Å². The number of para-hydroxylation sites is 1. The molecule has 26 heavy (non-hydrogen) atoms. The molecular weight excluding hydrogens is 352 g/mol. The minimum absolute atomic E-state index is 0.0116. The van der Waals surface area contributed by atoms with E-state index in [-0.39, 0.29) is 30.1 Å². The molecule has 140 valence electrons. The van der Waals surface area contributed by atoms with Crippen molar-refractivity contribution >= 4 is 35.2 Å². The van der Waals surface area contributed by atoms with Gasteiger partial charge in [-0.3, -0.25) is 14.4 Å². The molecule has 7 heteroatoms. The predicted molar refractivity (Wildman–Crippen MR) is 100 cm³/mol. The van der Waals surface area contributed by atoms with E-state index in [9.17, 15) is 14.4 Å². The second kappa shape index (κ2) is 8.58. The van der Waals surface area contributed by atoms with Gasteiger partial charge in [0, 0.05) is 31.0 Å². The van der Waals surface area contributed by atoms with Gasteiger partial charge in [-0.2, -0.15) is 0 Å². The second-order valence-corrected chi connectivity index (χ2v) is 7.50. The fourth-order valence-electron chi connectivity index (χ4n) is 3.42. The quantitative estimate of drug-likeness (QED) is 0.738. The normalized spacial score (nSPS) is 19.9. The molecule has 2 aliphatic rings. The van der Waals surface area contributed by atoms with Crippen molar-refractivity contribution < 1.29 is 19.1 Å². The number of hydrogen-bond donors (Lipinski definition) is 0. The SMILES string of the molecule is CCOC(=O)C1CCCN(C(=O)CCN2C(=O)CSc3ccccc32)C1. The van der Waals surface area contributed by atoms with Gasteiger partial charge in [-0.25, -0.2) is 0 Å². The first-order valence-corrected chi connectivity index (χ1v) is 10.0. The lowest BCUT2D eigenvalue weighted by atomic mass is 9.98. The molecule has 0 aromatic heterocycles. The zero-order valence-electron chi connectivity index (χ0n) is 15.0. The fraction of sp³-hybridized carbons (Fsp3) is 0.526. The number of benzene rings is 1. The number of hydrogen-bond acceptors (Lipinski definition) is 5. The van der Waals surface area contributed by atoms with Gasteiger partial charge in [0.25, 0.3) is 0 Å². The Bertz CT molecular complexity index is 694. The van der Waals surface area contributed by atoms with Gasteiger partial charge in [0.15, 0.2) is 0 Å². The third-order valence-corrected chi connectivity index (χ3v) is 5.80. The molecule has 1 atom stereocenters. The number of anilines is 1. The number of nitrogens with zero attached hydrogens (tertiary/aromatic N) is 2. The predicted octanol–water partition coefficient (Wildman–Crippen LogP) is 2.32. The molecule has 6 nitrogen and oxygen atoms in total. The maximum absolute atomic E-state index is 12.6. The van der Waals surface area contributed by atoms with Crippen molar-refractivity contribution in [1.29, 1.82) is 0 Å². The molecule has 1 aromatic carbocycles. The van der Waals surface area contributed by atoms with Crippen LogP contribution in [0.1, 0.15) is 26.2 Å². The van der Waals surface area contributed by atoms with Crippen LogP contribution >= 0.6 is 11.8 Å². The zero-order chi connectivity index (χ0) is 18.5. The summed E-state index contributed by atoms with van der Waals surface area (Å²) in [4.78, 5) is 41.3. The highest BCUT2D eigenvalue weighted by molar-refractivity contribution is 8.00. The Labute approximate surface area is 157 Å². The molecule has 1 unspecified atom stereocenters. The molecular formula is C19H24N2O4S. The van der Waals surface area contributed by atoms with Gasteiger partial charge in [0.1, 0.15) is 0 Å². The topological polar surface area (TPSA) is 66.9 Å². The van der Waals surface area contributed by atoms with Gasteiger partial charge in [0.2, 0.25) is 11.8 Å². The standard InChI is InChI=1S/C19H24N2O4S/c1-2-25-19(24)14-6-5-10-20(12-14)17(22)9-11-21-15-7-3-4-8-16(15)26-13-18(21)23/h3-4,7-8,14H,2,5-6,9-13H2,1H3. The molecule has 0 aliphatic carbocycles. The van der Waals surface area contributed by atoms with E-state index in [4.69, 9.17) is 4.74 Å². The van der Waals surface area contributed by atoms with E-state index in [0.717, 1.165) is 23.4 Å². The summed E-state index contributed by atoms with van der Waals surface area (Å²) in [5.74, 6) is -0.0320. The number of rotatable bonds is 5. The Hall–Kier alpha value is -2.02. The summed E-state index contributed by atoms with van der Waals surface area (Å²) in [5, 5.41) is 0. The lowest BCUT2D eigenvalue weighted by molar-refractivity contribution is -0.151. The van der Waals surface area contributed by atoms with Crippen LogP contribution in [0.2, 0.25) is 0 Å². The van der Waals surface area contributed by atoms with Crippen molar-refractivity contribution in [3.05, 3.63) is 24.3 Å². The summed E-state index contributed by atoms with van der Waals surface area (Å²) in [7, 11) is 0. The maximum Gasteiger partial charge on any atom is 0.310 e. The highest BCUT2D eigenvalue weighted by Crippen LogP contribution is 2.35. The van der Waals surface area contributed by atoms with Crippen molar-refractivity contribution in [1.82, 2.24) is 4.90 Å². The Kier molecular flexibility index (Phi) is 6.19. The highest BCUT2D eigenvalue weighted by atomic mass is 32.2. The number of ether oxygens (including phenoxy) is 1. The summed E-state index contributed by atoms with van der Waals surface area (Å²) >= 11 is 1.53. The van der Waals surface area contributed by atoms with Gasteiger partial charge in [-0.15, -0.1) is 11.8 Å². The number of piperidine rings is 1. The summed E-state index contributed by atoms with van der Waals surface area (Å²) in [6.07, 6.45) is 1.83. The van der Waals surface area contributed by atoms with Crippen LogP contribution in [0.3, 0.4) is 0 Å². The number of thioether (sulfide) groups is 1. The zero-order valence-corrected chi connectivity index (χ0v) is 15.8. The summed E-state index contributed by atoms with van der Waals surface area (Å²) in [6, 6.07) is 7.77. The number of fused-ring (bicyclic) bond motifs is 1. The molecule has 1 fully saturated rings. The van der Waals surface area contributed by atoms with Crippen LogP contribution in [0.5, 0.6) is 0 Å². The molecule has 0 N–H and O–H groups in total. The van der Waals surface area contributed by atoms with Crippen LogP contribution in [-0.4, -0.2) is 54.7 Å². The molecule has 1 aromatic rings. The lowest BCUT2D eigenvalue weighted by Crippen LogP contribution is -2.44. The number of carbonyl (C=O) groups excluding carboxylic acids is 3. The molecule has 1 saturated heterocycles. The first-order chi connectivity index (χ1) is 12.6. The Morgan fingerprint density at radius 3 is 2.92 bits per heavy atom. The monoisotopic (exact) mass is 376 g/mol. The van der Waals surface area contributed by atoms with Crippen molar-refractivity contribution in [2.75, 3.05) is 36.9 Å². The first-order valence-electron chi connectivity index (χ1n) is 9.06. The number of esters is 1. The van der Waals surface area contributed by atoms with Crippen LogP contribution in [-0.2, 0) is 19.1 Å². The van der Waals surface area contributed by atoms with E-state index in [0.29, 0.717) is 32.0 Å². The van der Waals surface area contributed by atoms with E-state index in [1.807, 2.05) is 24.3 Å². The summed E-state index contributed by atoms with van der Waals surface area (Å²) in [5.41, 5.74) is 0.879. The van der Waals surface area contributed by atoms with E-state index in [1.165, 1.54) is 11.8 Å². The largest absolute Gasteiger partial charge is 0.466 e. The van der Waals surface area contributed by atoms with Crippen LogP contribution in [0.4, 0.5) is 5.69 Å². The molecule has 3 rings (SSSR count). The average Bonchev–Trinajstić information content (AvgIpc) is 2.67. The maximum atomic E-state index is 12.6. The summed E-state index contributed by atoms with van der Waals surface area (Å²) in [6.45, 7) is 3.59.